The summed E-state index contributed by atoms with van der Waals surface area (Å²) in [4.78, 5) is 14.4. The van der Waals surface area contributed by atoms with Gasteiger partial charge >= 0.3 is 0 Å². The Kier molecular flexibility index (Phi) is 4.39. The Balaban J connectivity index is 1.68. The minimum atomic E-state index is -2.94. The van der Waals surface area contributed by atoms with Crippen LogP contribution in [0.25, 0.3) is 0 Å². The van der Waals surface area contributed by atoms with E-state index < -0.39 is 9.84 Å². The first-order valence-electron chi connectivity index (χ1n) is 8.02. The summed E-state index contributed by atoms with van der Waals surface area (Å²) >= 11 is 0. The second-order valence-corrected chi connectivity index (χ2v) is 9.10. The first kappa shape index (κ1) is 17.0. The third-order valence-corrected chi connectivity index (χ3v) is 6.84. The number of sulfone groups is 1. The van der Waals surface area contributed by atoms with E-state index in [1.165, 1.54) is 12.1 Å². The van der Waals surface area contributed by atoms with Gasteiger partial charge in [-0.2, -0.15) is 0 Å². The summed E-state index contributed by atoms with van der Waals surface area (Å²) in [6.45, 7) is 0.537. The van der Waals surface area contributed by atoms with Gasteiger partial charge in [-0.1, -0.05) is 18.1 Å². The van der Waals surface area contributed by atoms with Crippen molar-refractivity contribution in [2.45, 2.75) is 25.8 Å². The van der Waals surface area contributed by atoms with E-state index in [-0.39, 0.29) is 41.1 Å². The van der Waals surface area contributed by atoms with Crippen LogP contribution in [-0.2, 0) is 21.2 Å². The molecule has 0 radical (unpaired) electrons. The number of rotatable bonds is 4. The average Bonchev–Trinajstić information content (AvgIpc) is 3.26. The van der Waals surface area contributed by atoms with Gasteiger partial charge in [0.25, 0.3) is 0 Å². The highest BCUT2D eigenvalue weighted by Gasteiger charge is 2.60. The number of carbonyl (C=O) groups is 1. The summed E-state index contributed by atoms with van der Waals surface area (Å²) in [6, 6.07) is 6.00. The van der Waals surface area contributed by atoms with Gasteiger partial charge in [-0.15, -0.1) is 6.42 Å². The zero-order valence-electron chi connectivity index (χ0n) is 13.4. The molecule has 3 rings (SSSR count). The molecule has 1 saturated carbocycles. The number of hydrogen-bond donors (Lipinski definition) is 0. The van der Waals surface area contributed by atoms with Crippen LogP contribution < -0.4 is 0 Å². The van der Waals surface area contributed by atoms with Gasteiger partial charge in [-0.05, 0) is 42.4 Å². The molecule has 0 N–H and O–H groups in total. The molecule has 1 spiro atoms. The number of hydrogen-bond acceptors (Lipinski definition) is 3. The molecule has 1 unspecified atom stereocenters. The molecule has 2 fully saturated rings. The Labute approximate surface area is 142 Å². The molecule has 2 aliphatic rings. The number of carbonyl (C=O) groups excluding carboxylic acids is 1. The normalized spacial score (nSPS) is 23.4. The van der Waals surface area contributed by atoms with Crippen molar-refractivity contribution < 1.29 is 17.6 Å². The number of benzene rings is 1. The third-order valence-electron chi connectivity index (χ3n) is 5.19. The van der Waals surface area contributed by atoms with Crippen molar-refractivity contribution in [3.63, 3.8) is 0 Å². The monoisotopic (exact) mass is 349 g/mol. The summed E-state index contributed by atoms with van der Waals surface area (Å²) < 4.78 is 36.2. The lowest BCUT2D eigenvalue weighted by atomic mass is 9.95. The van der Waals surface area contributed by atoms with E-state index in [2.05, 4.69) is 5.92 Å². The van der Waals surface area contributed by atoms with Crippen molar-refractivity contribution in [2.24, 2.45) is 11.3 Å². The van der Waals surface area contributed by atoms with Crippen LogP contribution in [0.15, 0.2) is 24.3 Å². The largest absolute Gasteiger partial charge is 0.327 e. The Bertz CT molecular complexity index is 765. The van der Waals surface area contributed by atoms with E-state index in [1.807, 2.05) is 0 Å². The van der Waals surface area contributed by atoms with Crippen molar-refractivity contribution in [2.75, 3.05) is 18.1 Å². The van der Waals surface area contributed by atoms with Gasteiger partial charge in [0.15, 0.2) is 0 Å². The van der Waals surface area contributed by atoms with Crippen LogP contribution >= 0.6 is 0 Å². The van der Waals surface area contributed by atoms with Crippen LogP contribution in [0.2, 0.25) is 0 Å². The average molecular weight is 349 g/mol. The summed E-state index contributed by atoms with van der Waals surface area (Å²) in [5, 5.41) is 0. The lowest BCUT2D eigenvalue weighted by molar-refractivity contribution is -0.133. The highest BCUT2D eigenvalue weighted by Crippen LogP contribution is 2.60. The zero-order chi connectivity index (χ0) is 17.4. The van der Waals surface area contributed by atoms with Gasteiger partial charge in [0.1, 0.15) is 15.7 Å². The summed E-state index contributed by atoms with van der Waals surface area (Å²) in [7, 11) is -2.94. The molecule has 1 aliphatic carbocycles. The van der Waals surface area contributed by atoms with E-state index >= 15 is 0 Å². The summed E-state index contributed by atoms with van der Waals surface area (Å²) in [5.74, 6) is 2.37. The molecule has 1 heterocycles. The minimum absolute atomic E-state index is 0.0171. The van der Waals surface area contributed by atoms with Gasteiger partial charge in [0.2, 0.25) is 5.91 Å². The number of terminal acetylenes is 1. The van der Waals surface area contributed by atoms with Crippen LogP contribution in [0.5, 0.6) is 0 Å². The maximum absolute atomic E-state index is 13.0. The standard InChI is InChI=1S/C18H20FNO3S/c1-2-9-20(13-14-3-5-15(19)6-4-14)17(21)16-12-18(16)7-10-24(22,23)11-8-18/h1,3-6,16H,7-13H2. The van der Waals surface area contributed by atoms with Crippen molar-refractivity contribution in [3.8, 4) is 12.3 Å². The molecule has 1 atom stereocenters. The molecule has 4 nitrogen and oxygen atoms in total. The van der Waals surface area contributed by atoms with Crippen LogP contribution in [-0.4, -0.2) is 37.3 Å². The van der Waals surface area contributed by atoms with Gasteiger partial charge in [-0.25, -0.2) is 12.8 Å². The quantitative estimate of drug-likeness (QED) is 0.782. The molecule has 1 saturated heterocycles. The van der Waals surface area contributed by atoms with Crippen molar-refractivity contribution >= 4 is 15.7 Å². The third kappa shape index (κ3) is 3.46. The molecule has 1 aromatic rings. The molecule has 24 heavy (non-hydrogen) atoms. The van der Waals surface area contributed by atoms with Crippen LogP contribution in [0.3, 0.4) is 0 Å². The minimum Gasteiger partial charge on any atom is -0.327 e. The van der Waals surface area contributed by atoms with Crippen molar-refractivity contribution in [1.82, 2.24) is 4.90 Å². The topological polar surface area (TPSA) is 54.5 Å². The van der Waals surface area contributed by atoms with E-state index in [0.717, 1.165) is 12.0 Å². The van der Waals surface area contributed by atoms with Crippen LogP contribution in [0.1, 0.15) is 24.8 Å². The number of halogens is 1. The Hall–Kier alpha value is -1.87. The van der Waals surface area contributed by atoms with Gasteiger partial charge < -0.3 is 4.90 Å². The van der Waals surface area contributed by atoms with Crippen molar-refractivity contribution in [3.05, 3.63) is 35.6 Å². The smallest absolute Gasteiger partial charge is 0.227 e. The molecular formula is C18H20FNO3S. The molecular weight excluding hydrogens is 329 g/mol. The summed E-state index contributed by atoms with van der Waals surface area (Å²) in [5.41, 5.74) is 0.666. The van der Waals surface area contributed by atoms with E-state index in [1.54, 1.807) is 17.0 Å². The predicted octanol–water partition coefficient (Wildman–Crippen LogP) is 2.00. The fraction of sp³-hybridized carbons (Fsp3) is 0.500. The highest BCUT2D eigenvalue weighted by atomic mass is 32.2. The maximum atomic E-state index is 13.0. The van der Waals surface area contributed by atoms with Crippen LogP contribution in [0, 0.1) is 29.5 Å². The number of amides is 1. The SMILES string of the molecule is C#CCN(Cc1ccc(F)cc1)C(=O)C1CC12CCS(=O)(=O)CC2. The lowest BCUT2D eigenvalue weighted by Crippen LogP contribution is -2.35. The predicted molar refractivity (Wildman–Crippen MR) is 89.1 cm³/mol. The van der Waals surface area contributed by atoms with Crippen LogP contribution in [0.4, 0.5) is 4.39 Å². The first-order valence-corrected chi connectivity index (χ1v) is 9.84. The maximum Gasteiger partial charge on any atom is 0.227 e. The Morgan fingerprint density at radius 1 is 1.29 bits per heavy atom. The summed E-state index contributed by atoms with van der Waals surface area (Å²) in [6.07, 6.45) is 7.25. The highest BCUT2D eigenvalue weighted by molar-refractivity contribution is 7.91. The molecule has 1 amide bonds. The Morgan fingerprint density at radius 3 is 2.50 bits per heavy atom. The van der Waals surface area contributed by atoms with Gasteiger partial charge in [-0.3, -0.25) is 4.79 Å². The Morgan fingerprint density at radius 2 is 1.92 bits per heavy atom. The molecule has 1 aromatic carbocycles. The number of nitrogens with zero attached hydrogens (tertiary/aromatic N) is 1. The molecule has 1 aliphatic heterocycles. The molecule has 0 bridgehead atoms. The molecule has 0 aromatic heterocycles. The molecule has 128 valence electrons. The fourth-order valence-electron chi connectivity index (χ4n) is 3.55. The van der Waals surface area contributed by atoms with Gasteiger partial charge in [0.05, 0.1) is 18.1 Å². The van der Waals surface area contributed by atoms with E-state index in [9.17, 15) is 17.6 Å². The molecule has 6 heteroatoms. The second-order valence-electron chi connectivity index (χ2n) is 6.80. The lowest BCUT2D eigenvalue weighted by Gasteiger charge is -2.25. The van der Waals surface area contributed by atoms with E-state index in [4.69, 9.17) is 6.42 Å². The fourth-order valence-corrected chi connectivity index (χ4v) is 5.19. The second kappa shape index (κ2) is 6.21. The van der Waals surface area contributed by atoms with E-state index in [0.29, 0.717) is 19.4 Å². The zero-order valence-corrected chi connectivity index (χ0v) is 14.2. The van der Waals surface area contributed by atoms with Crippen molar-refractivity contribution in [1.29, 1.82) is 0 Å². The van der Waals surface area contributed by atoms with Gasteiger partial charge in [0, 0.05) is 12.5 Å². The first-order chi connectivity index (χ1) is 11.4.